The topological polar surface area (TPSA) is 78.9 Å². The quantitative estimate of drug-likeness (QED) is 0.504. The third-order valence-electron chi connectivity index (χ3n) is 6.98. The van der Waals surface area contributed by atoms with Gasteiger partial charge in [-0.15, -0.1) is 0 Å². The van der Waals surface area contributed by atoms with Crippen LogP contribution in [-0.2, 0) is 11.2 Å². The van der Waals surface area contributed by atoms with E-state index in [9.17, 15) is 14.7 Å². The Hall–Kier alpha value is -3.02. The van der Waals surface area contributed by atoms with E-state index in [0.29, 0.717) is 18.3 Å². The average molecular weight is 465 g/mol. The number of anilines is 1. The highest BCUT2D eigenvalue weighted by molar-refractivity contribution is 5.91. The second-order valence-corrected chi connectivity index (χ2v) is 9.77. The van der Waals surface area contributed by atoms with E-state index >= 15 is 0 Å². The summed E-state index contributed by atoms with van der Waals surface area (Å²) in [5.74, 6) is 0.643. The molecule has 2 aliphatic rings. The first-order valence-electron chi connectivity index (χ1n) is 12.6. The fourth-order valence-corrected chi connectivity index (χ4v) is 4.83. The molecule has 2 aromatic carbocycles. The van der Waals surface area contributed by atoms with Gasteiger partial charge < -0.3 is 20.1 Å². The molecule has 1 saturated heterocycles. The summed E-state index contributed by atoms with van der Waals surface area (Å²) >= 11 is 0. The number of rotatable bonds is 10. The lowest BCUT2D eigenvalue weighted by atomic mass is 9.95. The summed E-state index contributed by atoms with van der Waals surface area (Å²) in [6, 6.07) is 13.4. The van der Waals surface area contributed by atoms with Crippen molar-refractivity contribution >= 4 is 17.6 Å². The Bertz CT molecular complexity index is 1010. The van der Waals surface area contributed by atoms with Crippen molar-refractivity contribution in [2.45, 2.75) is 58.4 Å². The lowest BCUT2D eigenvalue weighted by Gasteiger charge is -2.35. The number of benzene rings is 2. The fraction of sp³-hybridized carbons (Fsp3) is 0.500. The third-order valence-corrected chi connectivity index (χ3v) is 6.98. The van der Waals surface area contributed by atoms with E-state index in [0.717, 1.165) is 31.0 Å². The monoisotopic (exact) mass is 464 g/mol. The Kier molecular flexibility index (Phi) is 7.76. The molecule has 0 spiro atoms. The number of carbonyl (C=O) groups is 2. The molecule has 1 atom stereocenters. The number of aromatic carboxylic acids is 1. The maximum atomic E-state index is 13.1. The summed E-state index contributed by atoms with van der Waals surface area (Å²) in [5, 5.41) is 12.7. The molecule has 0 radical (unpaired) electrons. The van der Waals surface area contributed by atoms with Crippen molar-refractivity contribution in [3.05, 3.63) is 59.2 Å². The Morgan fingerprint density at radius 1 is 1.12 bits per heavy atom. The Labute approximate surface area is 202 Å². The number of para-hydroxylation sites is 1. The number of piperidine rings is 1. The Morgan fingerprint density at radius 3 is 2.53 bits per heavy atom. The zero-order valence-electron chi connectivity index (χ0n) is 20.3. The highest BCUT2D eigenvalue weighted by Crippen LogP contribution is 2.40. The van der Waals surface area contributed by atoms with Gasteiger partial charge in [0.05, 0.1) is 19.1 Å². The predicted octanol–water partition coefficient (Wildman–Crippen LogP) is 5.22. The SMILES string of the molecule is CCOc1cc(CC(=O)NC(CC2CC2)c2ccccc2N2CCC(C)CC2)ccc1C(=O)O. The van der Waals surface area contributed by atoms with Gasteiger partial charge in [-0.25, -0.2) is 4.79 Å². The molecule has 4 rings (SSSR count). The molecule has 1 heterocycles. The van der Waals surface area contributed by atoms with Crippen LogP contribution in [0.15, 0.2) is 42.5 Å². The van der Waals surface area contributed by atoms with Gasteiger partial charge in [-0.2, -0.15) is 0 Å². The molecule has 1 unspecified atom stereocenters. The highest BCUT2D eigenvalue weighted by Gasteiger charge is 2.30. The van der Waals surface area contributed by atoms with Crippen LogP contribution in [0.2, 0.25) is 0 Å². The van der Waals surface area contributed by atoms with E-state index < -0.39 is 5.97 Å². The van der Waals surface area contributed by atoms with Crippen LogP contribution in [0.4, 0.5) is 5.69 Å². The second kappa shape index (κ2) is 10.9. The maximum absolute atomic E-state index is 13.1. The molecular formula is C28H36N2O4. The molecule has 1 amide bonds. The predicted molar refractivity (Wildman–Crippen MR) is 134 cm³/mol. The first-order chi connectivity index (χ1) is 16.4. The van der Waals surface area contributed by atoms with Crippen LogP contribution in [0.1, 0.15) is 73.5 Å². The van der Waals surface area contributed by atoms with Crippen molar-refractivity contribution in [1.29, 1.82) is 0 Å². The van der Waals surface area contributed by atoms with Gasteiger partial charge in [0.1, 0.15) is 11.3 Å². The first-order valence-corrected chi connectivity index (χ1v) is 12.6. The van der Waals surface area contributed by atoms with E-state index in [1.165, 1.54) is 43.0 Å². The Balaban J connectivity index is 1.51. The fourth-order valence-electron chi connectivity index (χ4n) is 4.83. The van der Waals surface area contributed by atoms with Gasteiger partial charge in [-0.05, 0) is 67.3 Å². The first kappa shape index (κ1) is 24.1. The molecule has 2 N–H and O–H groups in total. The Morgan fingerprint density at radius 2 is 1.85 bits per heavy atom. The minimum Gasteiger partial charge on any atom is -0.493 e. The van der Waals surface area contributed by atoms with Gasteiger partial charge in [-0.1, -0.05) is 44.0 Å². The summed E-state index contributed by atoms with van der Waals surface area (Å²) in [5.41, 5.74) is 3.30. The molecule has 2 fully saturated rings. The van der Waals surface area contributed by atoms with E-state index in [-0.39, 0.29) is 23.9 Å². The van der Waals surface area contributed by atoms with Crippen LogP contribution in [0, 0.1) is 11.8 Å². The molecule has 6 heteroatoms. The van der Waals surface area contributed by atoms with Gasteiger partial charge >= 0.3 is 5.97 Å². The number of nitrogens with zero attached hydrogens (tertiary/aromatic N) is 1. The summed E-state index contributed by atoms with van der Waals surface area (Å²) in [4.78, 5) is 27.1. The normalized spacial score (nSPS) is 17.3. The molecule has 1 saturated carbocycles. The van der Waals surface area contributed by atoms with Crippen molar-refractivity contribution in [3.8, 4) is 5.75 Å². The number of hydrogen-bond acceptors (Lipinski definition) is 4. The lowest BCUT2D eigenvalue weighted by Crippen LogP contribution is -2.36. The average Bonchev–Trinajstić information content (AvgIpc) is 3.63. The molecule has 0 bridgehead atoms. The summed E-state index contributed by atoms with van der Waals surface area (Å²) in [6.45, 7) is 6.61. The zero-order chi connectivity index (χ0) is 24.1. The largest absolute Gasteiger partial charge is 0.493 e. The van der Waals surface area contributed by atoms with Gasteiger partial charge in [0.2, 0.25) is 5.91 Å². The number of carboxylic acid groups (broad SMARTS) is 1. The van der Waals surface area contributed by atoms with Crippen molar-refractivity contribution in [3.63, 3.8) is 0 Å². The van der Waals surface area contributed by atoms with E-state index in [1.54, 1.807) is 12.1 Å². The van der Waals surface area contributed by atoms with Crippen molar-refractivity contribution < 1.29 is 19.4 Å². The molecule has 2 aromatic rings. The van der Waals surface area contributed by atoms with Gasteiger partial charge in [-0.3, -0.25) is 4.79 Å². The van der Waals surface area contributed by atoms with Gasteiger partial charge in [0, 0.05) is 18.8 Å². The summed E-state index contributed by atoms with van der Waals surface area (Å²) in [6.07, 6.45) is 5.99. The van der Waals surface area contributed by atoms with Crippen molar-refractivity contribution in [2.75, 3.05) is 24.6 Å². The highest BCUT2D eigenvalue weighted by atomic mass is 16.5. The number of carboxylic acids is 1. The molecule has 1 aliphatic carbocycles. The standard InChI is InChI=1S/C28H36N2O4/c1-3-34-26-17-21(10-11-23(26)28(32)33)18-27(31)29-24(16-20-8-9-20)22-6-4-5-7-25(22)30-14-12-19(2)13-15-30/h4-7,10-11,17,19-20,24H,3,8-9,12-16,18H2,1-2H3,(H,29,31)(H,32,33). The van der Waals surface area contributed by atoms with Crippen LogP contribution >= 0.6 is 0 Å². The van der Waals surface area contributed by atoms with Crippen LogP contribution in [-0.4, -0.2) is 36.7 Å². The summed E-state index contributed by atoms with van der Waals surface area (Å²) in [7, 11) is 0. The smallest absolute Gasteiger partial charge is 0.339 e. The molecule has 1 aliphatic heterocycles. The lowest BCUT2D eigenvalue weighted by molar-refractivity contribution is -0.121. The summed E-state index contributed by atoms with van der Waals surface area (Å²) < 4.78 is 5.50. The second-order valence-electron chi connectivity index (χ2n) is 9.77. The number of ether oxygens (including phenoxy) is 1. The van der Waals surface area contributed by atoms with Gasteiger partial charge in [0.15, 0.2) is 0 Å². The molecule has 6 nitrogen and oxygen atoms in total. The minimum absolute atomic E-state index is 0.0276. The number of amides is 1. The van der Waals surface area contributed by atoms with Crippen LogP contribution in [0.5, 0.6) is 5.75 Å². The van der Waals surface area contributed by atoms with Crippen LogP contribution in [0.3, 0.4) is 0 Å². The van der Waals surface area contributed by atoms with E-state index in [1.807, 2.05) is 6.92 Å². The molecule has 0 aromatic heterocycles. The molecular weight excluding hydrogens is 428 g/mol. The van der Waals surface area contributed by atoms with Crippen molar-refractivity contribution in [1.82, 2.24) is 5.32 Å². The van der Waals surface area contributed by atoms with E-state index in [2.05, 4.69) is 41.4 Å². The number of nitrogens with one attached hydrogen (secondary N) is 1. The maximum Gasteiger partial charge on any atom is 0.339 e. The van der Waals surface area contributed by atoms with Crippen LogP contribution in [0.25, 0.3) is 0 Å². The van der Waals surface area contributed by atoms with E-state index in [4.69, 9.17) is 4.74 Å². The zero-order valence-corrected chi connectivity index (χ0v) is 20.3. The van der Waals surface area contributed by atoms with Crippen LogP contribution < -0.4 is 15.0 Å². The third kappa shape index (κ3) is 6.10. The van der Waals surface area contributed by atoms with Gasteiger partial charge in [0.25, 0.3) is 0 Å². The number of hydrogen-bond donors (Lipinski definition) is 2. The van der Waals surface area contributed by atoms with Crippen molar-refractivity contribution in [2.24, 2.45) is 11.8 Å². The molecule has 34 heavy (non-hydrogen) atoms. The molecule has 182 valence electrons. The number of carbonyl (C=O) groups excluding carboxylic acids is 1. The minimum atomic E-state index is -1.03.